The number of amides is 2. The molecule has 0 spiro atoms. The zero-order valence-electron chi connectivity index (χ0n) is 13.1. The van der Waals surface area contributed by atoms with E-state index in [1.807, 2.05) is 4.90 Å². The molecular formula is C16H27N3O2. The zero-order chi connectivity index (χ0) is 14.8. The van der Waals surface area contributed by atoms with Gasteiger partial charge in [-0.05, 0) is 32.1 Å². The van der Waals surface area contributed by atoms with E-state index in [4.69, 9.17) is 0 Å². The van der Waals surface area contributed by atoms with Crippen molar-refractivity contribution in [2.75, 3.05) is 32.7 Å². The van der Waals surface area contributed by atoms with Crippen LogP contribution in [0.3, 0.4) is 0 Å². The monoisotopic (exact) mass is 293 g/mol. The predicted octanol–water partition coefficient (Wildman–Crippen LogP) is 1.08. The molecule has 3 fully saturated rings. The Morgan fingerprint density at radius 2 is 1.67 bits per heavy atom. The van der Waals surface area contributed by atoms with Crippen LogP contribution >= 0.6 is 0 Å². The molecule has 1 atom stereocenters. The molecule has 3 aliphatic rings. The first-order valence-corrected chi connectivity index (χ1v) is 8.47. The van der Waals surface area contributed by atoms with E-state index in [1.165, 1.54) is 19.3 Å². The van der Waals surface area contributed by atoms with Crippen LogP contribution in [-0.4, -0.2) is 71.3 Å². The van der Waals surface area contributed by atoms with Crippen molar-refractivity contribution in [1.29, 1.82) is 0 Å². The minimum absolute atomic E-state index is 0.0387. The Morgan fingerprint density at radius 1 is 0.857 bits per heavy atom. The summed E-state index contributed by atoms with van der Waals surface area (Å²) in [7, 11) is 0. The Morgan fingerprint density at radius 3 is 2.33 bits per heavy atom. The average Bonchev–Trinajstić information content (AvgIpc) is 2.77. The summed E-state index contributed by atoms with van der Waals surface area (Å²) in [6.45, 7) is 6.13. The SMILES string of the molecule is CC(=O)N1CCCC1C(=O)N1CCCN(C2CCC2)CC1. The first-order valence-electron chi connectivity index (χ1n) is 8.47. The molecule has 0 bridgehead atoms. The summed E-state index contributed by atoms with van der Waals surface area (Å²) in [6, 6.07) is 0.568. The van der Waals surface area contributed by atoms with Crippen molar-refractivity contribution in [3.05, 3.63) is 0 Å². The third-order valence-electron chi connectivity index (χ3n) is 5.38. The third-order valence-corrected chi connectivity index (χ3v) is 5.38. The lowest BCUT2D eigenvalue weighted by Gasteiger charge is -2.36. The lowest BCUT2D eigenvalue weighted by molar-refractivity contribution is -0.142. The molecule has 1 unspecified atom stereocenters. The molecule has 0 aromatic heterocycles. The van der Waals surface area contributed by atoms with Crippen LogP contribution in [-0.2, 0) is 9.59 Å². The molecule has 1 saturated carbocycles. The van der Waals surface area contributed by atoms with Crippen LogP contribution in [0.1, 0.15) is 45.4 Å². The maximum atomic E-state index is 12.7. The van der Waals surface area contributed by atoms with E-state index in [0.29, 0.717) is 0 Å². The van der Waals surface area contributed by atoms with Gasteiger partial charge in [0.25, 0.3) is 0 Å². The number of carbonyl (C=O) groups is 2. The number of carbonyl (C=O) groups excluding carboxylic acids is 2. The molecule has 2 aliphatic heterocycles. The van der Waals surface area contributed by atoms with Crippen molar-refractivity contribution in [1.82, 2.24) is 14.7 Å². The summed E-state index contributed by atoms with van der Waals surface area (Å²) in [5.41, 5.74) is 0. The Labute approximate surface area is 127 Å². The Bertz CT molecular complexity index is 408. The molecular weight excluding hydrogens is 266 g/mol. The largest absolute Gasteiger partial charge is 0.340 e. The van der Waals surface area contributed by atoms with Gasteiger partial charge < -0.3 is 9.80 Å². The smallest absolute Gasteiger partial charge is 0.245 e. The average molecular weight is 293 g/mol. The van der Waals surface area contributed by atoms with Crippen LogP contribution in [0.4, 0.5) is 0 Å². The van der Waals surface area contributed by atoms with Gasteiger partial charge in [-0.2, -0.15) is 0 Å². The van der Waals surface area contributed by atoms with Gasteiger partial charge in [0.15, 0.2) is 0 Å². The van der Waals surface area contributed by atoms with Crippen molar-refractivity contribution in [2.24, 2.45) is 0 Å². The second-order valence-electron chi connectivity index (χ2n) is 6.67. The first kappa shape index (κ1) is 14.8. The van der Waals surface area contributed by atoms with Gasteiger partial charge in [0.2, 0.25) is 11.8 Å². The third kappa shape index (κ3) is 3.07. The topological polar surface area (TPSA) is 43.9 Å². The highest BCUT2D eigenvalue weighted by Crippen LogP contribution is 2.26. The quantitative estimate of drug-likeness (QED) is 0.765. The molecule has 2 heterocycles. The fraction of sp³-hybridized carbons (Fsp3) is 0.875. The van der Waals surface area contributed by atoms with Crippen LogP contribution in [0.5, 0.6) is 0 Å². The highest BCUT2D eigenvalue weighted by Gasteiger charge is 2.36. The van der Waals surface area contributed by atoms with Crippen molar-refractivity contribution in [2.45, 2.75) is 57.5 Å². The van der Waals surface area contributed by atoms with E-state index in [2.05, 4.69) is 4.90 Å². The molecule has 0 N–H and O–H groups in total. The summed E-state index contributed by atoms with van der Waals surface area (Å²) >= 11 is 0. The molecule has 0 aromatic carbocycles. The fourth-order valence-corrected chi connectivity index (χ4v) is 3.89. The Kier molecular flexibility index (Phi) is 4.48. The van der Waals surface area contributed by atoms with Crippen molar-refractivity contribution < 1.29 is 9.59 Å². The van der Waals surface area contributed by atoms with Gasteiger partial charge in [0, 0.05) is 45.7 Å². The number of rotatable bonds is 2. The summed E-state index contributed by atoms with van der Waals surface area (Å²) in [6.07, 6.45) is 6.87. The van der Waals surface area contributed by atoms with Gasteiger partial charge in [-0.25, -0.2) is 0 Å². The molecule has 1 aliphatic carbocycles. The number of hydrogen-bond acceptors (Lipinski definition) is 3. The number of hydrogen-bond donors (Lipinski definition) is 0. The van der Waals surface area contributed by atoms with E-state index >= 15 is 0 Å². The summed E-state index contributed by atoms with van der Waals surface area (Å²) in [5, 5.41) is 0. The number of likely N-dealkylation sites (tertiary alicyclic amines) is 1. The van der Waals surface area contributed by atoms with Gasteiger partial charge >= 0.3 is 0 Å². The lowest BCUT2D eigenvalue weighted by atomic mass is 9.91. The summed E-state index contributed by atoms with van der Waals surface area (Å²) in [4.78, 5) is 30.7. The molecule has 3 rings (SSSR count). The van der Waals surface area contributed by atoms with E-state index in [-0.39, 0.29) is 17.9 Å². The van der Waals surface area contributed by atoms with Gasteiger partial charge in [-0.15, -0.1) is 0 Å². The van der Waals surface area contributed by atoms with Gasteiger partial charge in [0.1, 0.15) is 6.04 Å². The van der Waals surface area contributed by atoms with Gasteiger partial charge in [0.05, 0.1) is 0 Å². The zero-order valence-corrected chi connectivity index (χ0v) is 13.1. The van der Waals surface area contributed by atoms with Crippen LogP contribution in [0.2, 0.25) is 0 Å². The van der Waals surface area contributed by atoms with Crippen molar-refractivity contribution >= 4 is 11.8 Å². The second kappa shape index (κ2) is 6.34. The maximum absolute atomic E-state index is 12.7. The molecule has 5 heteroatoms. The predicted molar refractivity (Wildman–Crippen MR) is 80.8 cm³/mol. The first-order chi connectivity index (χ1) is 10.2. The van der Waals surface area contributed by atoms with E-state index in [9.17, 15) is 9.59 Å². The van der Waals surface area contributed by atoms with Crippen LogP contribution in [0.25, 0.3) is 0 Å². The minimum atomic E-state index is -0.197. The maximum Gasteiger partial charge on any atom is 0.245 e. The van der Waals surface area contributed by atoms with Crippen molar-refractivity contribution in [3.8, 4) is 0 Å². The highest BCUT2D eigenvalue weighted by atomic mass is 16.2. The minimum Gasteiger partial charge on any atom is -0.340 e. The molecule has 2 amide bonds. The van der Waals surface area contributed by atoms with Gasteiger partial charge in [-0.3, -0.25) is 14.5 Å². The van der Waals surface area contributed by atoms with Crippen LogP contribution in [0, 0.1) is 0 Å². The molecule has 5 nitrogen and oxygen atoms in total. The number of nitrogens with zero attached hydrogens (tertiary/aromatic N) is 3. The highest BCUT2D eigenvalue weighted by molar-refractivity contribution is 5.87. The molecule has 2 saturated heterocycles. The fourth-order valence-electron chi connectivity index (χ4n) is 3.89. The second-order valence-corrected chi connectivity index (χ2v) is 6.67. The molecule has 0 aromatic rings. The Balaban J connectivity index is 1.58. The Hall–Kier alpha value is -1.10. The van der Waals surface area contributed by atoms with Crippen LogP contribution in [0.15, 0.2) is 0 Å². The molecule has 0 radical (unpaired) electrons. The summed E-state index contributed by atoms with van der Waals surface area (Å²) < 4.78 is 0. The van der Waals surface area contributed by atoms with E-state index < -0.39 is 0 Å². The van der Waals surface area contributed by atoms with Crippen molar-refractivity contribution in [3.63, 3.8) is 0 Å². The molecule has 21 heavy (non-hydrogen) atoms. The van der Waals surface area contributed by atoms with E-state index in [1.54, 1.807) is 11.8 Å². The van der Waals surface area contributed by atoms with E-state index in [0.717, 1.165) is 58.0 Å². The standard InChI is InChI=1S/C16H27N3O2/c1-13(20)19-10-3-7-15(19)16(21)18-9-4-8-17(11-12-18)14-5-2-6-14/h14-15H,2-12H2,1H3. The normalized spacial score (nSPS) is 28.3. The van der Waals surface area contributed by atoms with Crippen LogP contribution < -0.4 is 0 Å². The lowest BCUT2D eigenvalue weighted by Crippen LogP contribution is -2.48. The van der Waals surface area contributed by atoms with Gasteiger partial charge in [-0.1, -0.05) is 6.42 Å². The molecule has 118 valence electrons. The summed E-state index contributed by atoms with van der Waals surface area (Å²) in [5.74, 6) is 0.218.